The summed E-state index contributed by atoms with van der Waals surface area (Å²) in [4.78, 5) is 44.2. The Kier molecular flexibility index (Phi) is 8.21. The molecule has 3 heterocycles. The Labute approximate surface area is 264 Å². The van der Waals surface area contributed by atoms with Gasteiger partial charge in [-0.3, -0.25) is 14.4 Å². The second-order valence-corrected chi connectivity index (χ2v) is 14.6. The van der Waals surface area contributed by atoms with Crippen molar-refractivity contribution in [2.75, 3.05) is 23.8 Å². The lowest BCUT2D eigenvalue weighted by Gasteiger charge is -2.38. The Bertz CT molecular complexity index is 1550. The van der Waals surface area contributed by atoms with Crippen LogP contribution in [0, 0.1) is 17.8 Å². The molecule has 2 bridgehead atoms. The molecular weight excluding hydrogens is 630 g/mol. The highest BCUT2D eigenvalue weighted by Gasteiger charge is 2.76. The summed E-state index contributed by atoms with van der Waals surface area (Å²) >= 11 is 5.39. The van der Waals surface area contributed by atoms with Crippen LogP contribution in [-0.4, -0.2) is 67.8 Å². The summed E-state index contributed by atoms with van der Waals surface area (Å²) in [6.07, 6.45) is 0.564. The van der Waals surface area contributed by atoms with Gasteiger partial charge in [0, 0.05) is 21.5 Å². The van der Waals surface area contributed by atoms with Gasteiger partial charge in [0.1, 0.15) is 11.8 Å². The van der Waals surface area contributed by atoms with Gasteiger partial charge in [0.25, 0.3) is 0 Å². The third-order valence-electron chi connectivity index (χ3n) is 9.04. The molecule has 3 saturated heterocycles. The third-order valence-corrected chi connectivity index (χ3v) is 12.3. The number of amides is 3. The Balaban J connectivity index is 1.34. The summed E-state index contributed by atoms with van der Waals surface area (Å²) in [7, 11) is 0. The molecule has 43 heavy (non-hydrogen) atoms. The molecule has 226 valence electrons. The molecule has 10 heteroatoms. The molecule has 6 rings (SSSR count). The van der Waals surface area contributed by atoms with Gasteiger partial charge >= 0.3 is 0 Å². The molecule has 3 aromatic carbocycles. The largest absolute Gasteiger partial charge is 0.494 e. The van der Waals surface area contributed by atoms with Gasteiger partial charge in [0.2, 0.25) is 17.7 Å². The number of aliphatic hydroxyl groups is 1. The van der Waals surface area contributed by atoms with Crippen LogP contribution in [0.15, 0.2) is 66.7 Å². The van der Waals surface area contributed by atoms with E-state index in [-0.39, 0.29) is 40.3 Å². The summed E-state index contributed by atoms with van der Waals surface area (Å²) in [5.74, 6) is -1.52. The number of thioether (sulfide) groups is 1. The number of rotatable bonds is 9. The van der Waals surface area contributed by atoms with Crippen molar-refractivity contribution in [1.29, 1.82) is 0 Å². The first-order chi connectivity index (χ1) is 20.7. The van der Waals surface area contributed by atoms with E-state index in [4.69, 9.17) is 4.74 Å². The minimum Gasteiger partial charge on any atom is -0.494 e. The number of likely N-dealkylation sites (tertiary alicyclic amines) is 1. The number of aliphatic hydroxyl groups excluding tert-OH is 1. The summed E-state index contributed by atoms with van der Waals surface area (Å²) in [5, 5.41) is 18.5. The van der Waals surface area contributed by atoms with Crippen LogP contribution < -0.4 is 15.4 Å². The van der Waals surface area contributed by atoms with Crippen molar-refractivity contribution in [3.05, 3.63) is 66.7 Å². The summed E-state index contributed by atoms with van der Waals surface area (Å²) < 4.78 is 4.70. The Morgan fingerprint density at radius 1 is 1.05 bits per heavy atom. The minimum atomic E-state index is -0.852. The van der Waals surface area contributed by atoms with E-state index in [2.05, 4.69) is 26.6 Å². The monoisotopic (exact) mass is 665 g/mol. The van der Waals surface area contributed by atoms with Crippen LogP contribution in [0.4, 0.5) is 11.4 Å². The maximum atomic E-state index is 14.4. The number of alkyl halides is 1. The van der Waals surface area contributed by atoms with Crippen molar-refractivity contribution < 1.29 is 24.2 Å². The molecule has 3 aliphatic rings. The molecule has 0 saturated carbocycles. The second-order valence-electron chi connectivity index (χ2n) is 11.9. The quantitative estimate of drug-likeness (QED) is 0.268. The molecule has 3 aromatic rings. The maximum Gasteiger partial charge on any atom is 0.248 e. The van der Waals surface area contributed by atoms with Crippen LogP contribution in [0.5, 0.6) is 5.75 Å². The summed E-state index contributed by atoms with van der Waals surface area (Å²) in [6.45, 7) is 6.05. The standard InChI is InChI=1S/C33H36BrN3O5S/c1-4-42-23-13-11-21(12-14-23)35-30(39)26-27-32(41)37(25(17-38)18(2)3)29(33(27)16-24(34)28(26)43-33)31(40)36-22-10-9-19-7-5-6-8-20(19)15-22/h5-15,18,24-29,38H,4,16-17H2,1-3H3,(H,35,39)(H,36,40)/t24?,25-,26-,27-,28-,29?,33?/m0/s1. The topological polar surface area (TPSA) is 108 Å². The lowest BCUT2D eigenvalue weighted by atomic mass is 9.70. The molecule has 1 spiro atoms. The molecule has 0 radical (unpaired) electrons. The van der Waals surface area contributed by atoms with Crippen molar-refractivity contribution in [3.63, 3.8) is 0 Å². The number of nitrogens with zero attached hydrogens (tertiary/aromatic N) is 1. The zero-order valence-electron chi connectivity index (χ0n) is 24.3. The normalized spacial score (nSPS) is 28.3. The highest BCUT2D eigenvalue weighted by Crippen LogP contribution is 2.68. The van der Waals surface area contributed by atoms with Crippen molar-refractivity contribution >= 4 is 67.6 Å². The number of hydrogen-bond donors (Lipinski definition) is 3. The molecule has 3 amide bonds. The first kappa shape index (κ1) is 30.0. The van der Waals surface area contributed by atoms with Crippen LogP contribution >= 0.6 is 27.7 Å². The molecule has 3 unspecified atom stereocenters. The average Bonchev–Trinajstić information content (AvgIpc) is 3.58. The molecule has 0 aliphatic carbocycles. The van der Waals surface area contributed by atoms with E-state index in [0.29, 0.717) is 30.2 Å². The van der Waals surface area contributed by atoms with Crippen LogP contribution in [-0.2, 0) is 14.4 Å². The second kappa shape index (κ2) is 11.8. The SMILES string of the molecule is CCOc1ccc(NC(=O)[C@H]2[C@H]3C(=O)N([C@@H](CO)C(C)C)C(C(=O)Nc4ccc5ccccc5c4)C34CC(Br)[C@@H]2S4)cc1. The van der Waals surface area contributed by atoms with E-state index in [9.17, 15) is 19.5 Å². The average molecular weight is 667 g/mol. The van der Waals surface area contributed by atoms with E-state index in [1.165, 1.54) is 0 Å². The zero-order valence-corrected chi connectivity index (χ0v) is 26.7. The van der Waals surface area contributed by atoms with Gasteiger partial charge in [0.05, 0.1) is 35.8 Å². The maximum absolute atomic E-state index is 14.4. The number of benzene rings is 3. The molecular formula is C33H36BrN3O5S. The molecule has 3 N–H and O–H groups in total. The predicted molar refractivity (Wildman–Crippen MR) is 174 cm³/mol. The zero-order chi connectivity index (χ0) is 30.5. The van der Waals surface area contributed by atoms with Crippen molar-refractivity contribution in [2.24, 2.45) is 17.8 Å². The van der Waals surface area contributed by atoms with Gasteiger partial charge in [-0.05, 0) is 66.4 Å². The third kappa shape index (κ3) is 5.11. The highest BCUT2D eigenvalue weighted by atomic mass is 79.9. The number of fused-ring (bicyclic) bond motifs is 2. The number of hydrogen-bond acceptors (Lipinski definition) is 6. The lowest BCUT2D eigenvalue weighted by molar-refractivity contribution is -0.142. The number of halogens is 1. The fraction of sp³-hybridized carbons (Fsp3) is 0.424. The molecule has 0 aromatic heterocycles. The Hall–Kier alpha value is -3.08. The smallest absolute Gasteiger partial charge is 0.248 e. The Morgan fingerprint density at radius 3 is 2.40 bits per heavy atom. The Morgan fingerprint density at radius 2 is 1.72 bits per heavy atom. The number of anilines is 2. The van der Waals surface area contributed by atoms with E-state index < -0.39 is 28.7 Å². The lowest BCUT2D eigenvalue weighted by Crippen LogP contribution is -2.56. The molecule has 3 fully saturated rings. The fourth-order valence-electron chi connectivity index (χ4n) is 7.15. The highest BCUT2D eigenvalue weighted by molar-refractivity contribution is 9.09. The van der Waals surface area contributed by atoms with Gasteiger partial charge < -0.3 is 25.4 Å². The van der Waals surface area contributed by atoms with Crippen molar-refractivity contribution in [1.82, 2.24) is 4.90 Å². The van der Waals surface area contributed by atoms with Gasteiger partial charge in [-0.15, -0.1) is 11.8 Å². The molecule has 8 nitrogen and oxygen atoms in total. The number of carbonyl (C=O) groups excluding carboxylic acids is 3. The van der Waals surface area contributed by atoms with Gasteiger partial charge in [-0.2, -0.15) is 0 Å². The van der Waals surface area contributed by atoms with Gasteiger partial charge in [-0.25, -0.2) is 0 Å². The fourth-order valence-corrected chi connectivity index (χ4v) is 10.7. The van der Waals surface area contributed by atoms with Crippen LogP contribution in [0.25, 0.3) is 10.8 Å². The van der Waals surface area contributed by atoms with Crippen LogP contribution in [0.1, 0.15) is 27.2 Å². The number of carbonyl (C=O) groups is 3. The first-order valence-electron chi connectivity index (χ1n) is 14.8. The minimum absolute atomic E-state index is 0.0554. The number of nitrogens with one attached hydrogen (secondary N) is 2. The van der Waals surface area contributed by atoms with E-state index in [1.807, 2.05) is 63.2 Å². The molecule has 7 atom stereocenters. The summed E-state index contributed by atoms with van der Waals surface area (Å²) in [6, 6.07) is 19.4. The summed E-state index contributed by atoms with van der Waals surface area (Å²) in [5.41, 5.74) is 1.25. The van der Waals surface area contributed by atoms with Gasteiger partial charge in [-0.1, -0.05) is 60.1 Å². The first-order valence-corrected chi connectivity index (χ1v) is 16.6. The predicted octanol–water partition coefficient (Wildman–Crippen LogP) is 5.30. The van der Waals surface area contributed by atoms with E-state index >= 15 is 0 Å². The molecule has 3 aliphatic heterocycles. The van der Waals surface area contributed by atoms with E-state index in [1.54, 1.807) is 40.9 Å². The van der Waals surface area contributed by atoms with Crippen LogP contribution in [0.3, 0.4) is 0 Å². The van der Waals surface area contributed by atoms with E-state index in [0.717, 1.165) is 10.8 Å². The van der Waals surface area contributed by atoms with Crippen LogP contribution in [0.2, 0.25) is 0 Å². The van der Waals surface area contributed by atoms with Crippen molar-refractivity contribution in [2.45, 2.75) is 54.1 Å². The van der Waals surface area contributed by atoms with Gasteiger partial charge in [0.15, 0.2) is 0 Å². The van der Waals surface area contributed by atoms with Crippen molar-refractivity contribution in [3.8, 4) is 5.75 Å². The number of ether oxygens (including phenoxy) is 1.